The van der Waals surface area contributed by atoms with Gasteiger partial charge < -0.3 is 14.8 Å². The SMILES string of the molecule is CNC1c2cc(OCc3ccccc3)ccc2OCC1C. The van der Waals surface area contributed by atoms with Crippen LogP contribution in [-0.2, 0) is 6.61 Å². The summed E-state index contributed by atoms with van der Waals surface area (Å²) in [6.07, 6.45) is 0. The fourth-order valence-electron chi connectivity index (χ4n) is 2.80. The van der Waals surface area contributed by atoms with Gasteiger partial charge in [-0.2, -0.15) is 0 Å². The molecule has 1 heterocycles. The van der Waals surface area contributed by atoms with Gasteiger partial charge in [0.1, 0.15) is 18.1 Å². The van der Waals surface area contributed by atoms with Crippen molar-refractivity contribution in [3.63, 3.8) is 0 Å². The molecule has 2 aromatic rings. The minimum Gasteiger partial charge on any atom is -0.493 e. The van der Waals surface area contributed by atoms with E-state index in [9.17, 15) is 0 Å². The van der Waals surface area contributed by atoms with Gasteiger partial charge in [0, 0.05) is 17.5 Å². The summed E-state index contributed by atoms with van der Waals surface area (Å²) >= 11 is 0. The second kappa shape index (κ2) is 6.19. The molecule has 0 saturated heterocycles. The Morgan fingerprint density at radius 2 is 2.00 bits per heavy atom. The lowest BCUT2D eigenvalue weighted by Crippen LogP contribution is -2.31. The molecule has 1 N–H and O–H groups in total. The molecule has 2 atom stereocenters. The smallest absolute Gasteiger partial charge is 0.124 e. The van der Waals surface area contributed by atoms with Crippen molar-refractivity contribution < 1.29 is 9.47 Å². The van der Waals surface area contributed by atoms with E-state index < -0.39 is 0 Å². The third-order valence-corrected chi connectivity index (χ3v) is 3.95. The van der Waals surface area contributed by atoms with Gasteiger partial charge in [-0.3, -0.25) is 0 Å². The summed E-state index contributed by atoms with van der Waals surface area (Å²) in [5.74, 6) is 2.29. The molecule has 0 bridgehead atoms. The fraction of sp³-hybridized carbons (Fsp3) is 0.333. The number of hydrogen-bond acceptors (Lipinski definition) is 3. The number of hydrogen-bond donors (Lipinski definition) is 1. The van der Waals surface area contributed by atoms with Crippen LogP contribution >= 0.6 is 0 Å². The van der Waals surface area contributed by atoms with Crippen molar-refractivity contribution in [2.45, 2.75) is 19.6 Å². The summed E-state index contributed by atoms with van der Waals surface area (Å²) in [4.78, 5) is 0. The van der Waals surface area contributed by atoms with Gasteiger partial charge in [0.15, 0.2) is 0 Å². The molecular weight excluding hydrogens is 262 g/mol. The first-order valence-corrected chi connectivity index (χ1v) is 7.38. The summed E-state index contributed by atoms with van der Waals surface area (Å²) in [5, 5.41) is 3.38. The first-order chi connectivity index (χ1) is 10.3. The van der Waals surface area contributed by atoms with Crippen molar-refractivity contribution in [3.05, 3.63) is 59.7 Å². The lowest BCUT2D eigenvalue weighted by Gasteiger charge is -2.31. The first-order valence-electron chi connectivity index (χ1n) is 7.38. The van der Waals surface area contributed by atoms with Crippen LogP contribution in [0, 0.1) is 5.92 Å². The quantitative estimate of drug-likeness (QED) is 0.930. The van der Waals surface area contributed by atoms with Gasteiger partial charge in [0.05, 0.1) is 6.61 Å². The van der Waals surface area contributed by atoms with Crippen molar-refractivity contribution in [1.82, 2.24) is 5.32 Å². The van der Waals surface area contributed by atoms with E-state index in [1.54, 1.807) is 0 Å². The van der Waals surface area contributed by atoms with Crippen LogP contribution in [0.3, 0.4) is 0 Å². The van der Waals surface area contributed by atoms with E-state index in [-0.39, 0.29) is 0 Å². The van der Waals surface area contributed by atoms with Gasteiger partial charge in [0.25, 0.3) is 0 Å². The van der Waals surface area contributed by atoms with Crippen molar-refractivity contribution in [1.29, 1.82) is 0 Å². The topological polar surface area (TPSA) is 30.5 Å². The van der Waals surface area contributed by atoms with E-state index in [0.717, 1.165) is 18.1 Å². The molecule has 1 aliphatic rings. The zero-order chi connectivity index (χ0) is 14.7. The number of nitrogens with one attached hydrogen (secondary N) is 1. The fourth-order valence-corrected chi connectivity index (χ4v) is 2.80. The van der Waals surface area contributed by atoms with Gasteiger partial charge in [-0.25, -0.2) is 0 Å². The Balaban J connectivity index is 1.77. The number of benzene rings is 2. The van der Waals surface area contributed by atoms with Crippen molar-refractivity contribution in [2.75, 3.05) is 13.7 Å². The Labute approximate surface area is 125 Å². The normalized spacial score (nSPS) is 20.5. The van der Waals surface area contributed by atoms with E-state index >= 15 is 0 Å². The molecular formula is C18H21NO2. The Morgan fingerprint density at radius 3 is 2.76 bits per heavy atom. The third kappa shape index (κ3) is 3.03. The zero-order valence-electron chi connectivity index (χ0n) is 12.5. The van der Waals surface area contributed by atoms with E-state index in [1.165, 1.54) is 11.1 Å². The number of ether oxygens (including phenoxy) is 2. The molecule has 3 rings (SSSR count). The van der Waals surface area contributed by atoms with Crippen molar-refractivity contribution in [2.24, 2.45) is 5.92 Å². The molecule has 21 heavy (non-hydrogen) atoms. The Morgan fingerprint density at radius 1 is 1.19 bits per heavy atom. The molecule has 0 aliphatic carbocycles. The molecule has 0 amide bonds. The lowest BCUT2D eigenvalue weighted by molar-refractivity contribution is 0.192. The highest BCUT2D eigenvalue weighted by Crippen LogP contribution is 2.37. The summed E-state index contributed by atoms with van der Waals surface area (Å²) in [6.45, 7) is 3.53. The van der Waals surface area contributed by atoms with Crippen LogP contribution in [0.5, 0.6) is 11.5 Å². The molecule has 110 valence electrons. The highest BCUT2D eigenvalue weighted by molar-refractivity contribution is 5.43. The van der Waals surface area contributed by atoms with Crippen molar-refractivity contribution in [3.8, 4) is 11.5 Å². The van der Waals surface area contributed by atoms with Crippen LogP contribution in [0.4, 0.5) is 0 Å². The van der Waals surface area contributed by atoms with Gasteiger partial charge in [-0.05, 0) is 30.8 Å². The monoisotopic (exact) mass is 283 g/mol. The molecule has 3 heteroatoms. The zero-order valence-corrected chi connectivity index (χ0v) is 12.5. The second-order valence-corrected chi connectivity index (χ2v) is 5.53. The maximum atomic E-state index is 5.90. The minimum absolute atomic E-state index is 0.314. The van der Waals surface area contributed by atoms with Gasteiger partial charge in [-0.1, -0.05) is 37.3 Å². The third-order valence-electron chi connectivity index (χ3n) is 3.95. The average molecular weight is 283 g/mol. The highest BCUT2D eigenvalue weighted by Gasteiger charge is 2.26. The predicted octanol–water partition coefficient (Wildman–Crippen LogP) is 3.55. The standard InChI is InChI=1S/C18H21NO2/c1-13-11-21-17-9-8-15(10-16(17)18(13)19-2)20-12-14-6-4-3-5-7-14/h3-10,13,18-19H,11-12H2,1-2H3. The molecule has 2 unspecified atom stereocenters. The molecule has 0 aromatic heterocycles. The Hall–Kier alpha value is -2.00. The largest absolute Gasteiger partial charge is 0.493 e. The molecule has 0 fully saturated rings. The highest BCUT2D eigenvalue weighted by atomic mass is 16.5. The van der Waals surface area contributed by atoms with Crippen LogP contribution in [0.2, 0.25) is 0 Å². The Bertz CT molecular complexity index is 597. The minimum atomic E-state index is 0.314. The summed E-state index contributed by atoms with van der Waals surface area (Å²) in [6, 6.07) is 16.6. The lowest BCUT2D eigenvalue weighted by atomic mass is 9.92. The maximum absolute atomic E-state index is 5.90. The van der Waals surface area contributed by atoms with Crippen LogP contribution in [0.1, 0.15) is 24.1 Å². The van der Waals surface area contributed by atoms with Crippen LogP contribution in [0.25, 0.3) is 0 Å². The predicted molar refractivity (Wildman–Crippen MR) is 83.7 cm³/mol. The van der Waals surface area contributed by atoms with Crippen LogP contribution in [0.15, 0.2) is 48.5 Å². The molecule has 0 saturated carbocycles. The maximum Gasteiger partial charge on any atom is 0.124 e. The summed E-state index contributed by atoms with van der Waals surface area (Å²) < 4.78 is 11.7. The van der Waals surface area contributed by atoms with Gasteiger partial charge in [-0.15, -0.1) is 0 Å². The van der Waals surface area contributed by atoms with Gasteiger partial charge in [0.2, 0.25) is 0 Å². The van der Waals surface area contributed by atoms with Gasteiger partial charge >= 0.3 is 0 Å². The van der Waals surface area contributed by atoms with E-state index in [4.69, 9.17) is 9.47 Å². The molecule has 2 aromatic carbocycles. The summed E-state index contributed by atoms with van der Waals surface area (Å²) in [7, 11) is 1.99. The summed E-state index contributed by atoms with van der Waals surface area (Å²) in [5.41, 5.74) is 2.35. The number of rotatable bonds is 4. The van der Waals surface area contributed by atoms with E-state index in [2.05, 4.69) is 30.4 Å². The molecule has 0 radical (unpaired) electrons. The van der Waals surface area contributed by atoms with Crippen LogP contribution in [-0.4, -0.2) is 13.7 Å². The van der Waals surface area contributed by atoms with Crippen molar-refractivity contribution >= 4 is 0 Å². The van der Waals surface area contributed by atoms with E-state index in [0.29, 0.717) is 18.6 Å². The Kier molecular flexibility index (Phi) is 4.11. The van der Waals surface area contributed by atoms with E-state index in [1.807, 2.05) is 37.4 Å². The molecule has 3 nitrogen and oxygen atoms in total. The molecule has 1 aliphatic heterocycles. The van der Waals surface area contributed by atoms with Crippen LogP contribution < -0.4 is 14.8 Å². The molecule has 0 spiro atoms. The second-order valence-electron chi connectivity index (χ2n) is 5.53. The first kappa shape index (κ1) is 14.0. The average Bonchev–Trinajstić information content (AvgIpc) is 2.53. The number of fused-ring (bicyclic) bond motifs is 1.